The standard InChI is InChI=1S/C17H17F2N3O3S/c18-17(19)26(24,25)15-4-2-1-3-13(15)16(23)21-7-8-22-12(10-21)9-14(20-22)11-5-6-11/h1-4,9,11,17H,5-8,10H2. The first kappa shape index (κ1) is 17.1. The van der Waals surface area contributed by atoms with Crippen molar-refractivity contribution in [1.29, 1.82) is 0 Å². The summed E-state index contributed by atoms with van der Waals surface area (Å²) in [6.07, 6.45) is 2.25. The van der Waals surface area contributed by atoms with Gasteiger partial charge in [-0.15, -0.1) is 0 Å². The Hall–Kier alpha value is -2.29. The highest BCUT2D eigenvalue weighted by atomic mass is 32.2. The first-order chi connectivity index (χ1) is 12.4. The molecule has 26 heavy (non-hydrogen) atoms. The fraction of sp³-hybridized carbons (Fsp3) is 0.412. The highest BCUT2D eigenvalue weighted by molar-refractivity contribution is 7.91. The predicted molar refractivity (Wildman–Crippen MR) is 88.6 cm³/mol. The number of hydrogen-bond acceptors (Lipinski definition) is 4. The second-order valence-electron chi connectivity index (χ2n) is 6.59. The molecule has 1 saturated carbocycles. The number of sulfone groups is 1. The first-order valence-corrected chi connectivity index (χ1v) is 9.89. The Balaban J connectivity index is 1.63. The van der Waals surface area contributed by atoms with Gasteiger partial charge in [0, 0.05) is 12.5 Å². The van der Waals surface area contributed by atoms with E-state index in [-0.39, 0.29) is 12.1 Å². The van der Waals surface area contributed by atoms with Gasteiger partial charge in [0.1, 0.15) is 0 Å². The van der Waals surface area contributed by atoms with Gasteiger partial charge in [0.05, 0.1) is 34.9 Å². The van der Waals surface area contributed by atoms with Crippen LogP contribution in [-0.4, -0.2) is 41.3 Å². The van der Waals surface area contributed by atoms with Gasteiger partial charge < -0.3 is 4.90 Å². The van der Waals surface area contributed by atoms with Crippen molar-refractivity contribution in [1.82, 2.24) is 14.7 Å². The Kier molecular flexibility index (Phi) is 4.06. The topological polar surface area (TPSA) is 72.3 Å². The fourth-order valence-corrected chi connectivity index (χ4v) is 4.12. The molecule has 0 spiro atoms. The molecule has 1 aromatic carbocycles. The van der Waals surface area contributed by atoms with Crippen LogP contribution in [0.25, 0.3) is 0 Å². The Morgan fingerprint density at radius 1 is 1.19 bits per heavy atom. The number of fused-ring (bicyclic) bond motifs is 1. The molecule has 2 aliphatic rings. The maximum atomic E-state index is 12.9. The summed E-state index contributed by atoms with van der Waals surface area (Å²) in [6, 6.07) is 7.10. The number of carbonyl (C=O) groups is 1. The van der Waals surface area contributed by atoms with Gasteiger partial charge in [-0.3, -0.25) is 9.48 Å². The molecule has 6 nitrogen and oxygen atoms in total. The summed E-state index contributed by atoms with van der Waals surface area (Å²) >= 11 is 0. The van der Waals surface area contributed by atoms with Gasteiger partial charge in [-0.2, -0.15) is 13.9 Å². The summed E-state index contributed by atoms with van der Waals surface area (Å²) in [7, 11) is -4.85. The lowest BCUT2D eigenvalue weighted by Gasteiger charge is -2.28. The number of rotatable bonds is 4. The monoisotopic (exact) mass is 381 g/mol. The molecular formula is C17H17F2N3O3S. The molecule has 138 valence electrons. The van der Waals surface area contributed by atoms with Gasteiger partial charge in [0.15, 0.2) is 0 Å². The van der Waals surface area contributed by atoms with Crippen LogP contribution < -0.4 is 0 Å². The van der Waals surface area contributed by atoms with Crippen LogP contribution in [0, 0.1) is 0 Å². The molecule has 0 atom stereocenters. The zero-order valence-corrected chi connectivity index (χ0v) is 14.6. The normalized spacial score (nSPS) is 17.4. The molecule has 1 fully saturated rings. The summed E-state index contributed by atoms with van der Waals surface area (Å²) in [4.78, 5) is 13.7. The second-order valence-corrected chi connectivity index (χ2v) is 8.47. The lowest BCUT2D eigenvalue weighted by Crippen LogP contribution is -2.39. The molecule has 0 bridgehead atoms. The van der Waals surface area contributed by atoms with Crippen LogP contribution in [0.2, 0.25) is 0 Å². The third-order valence-electron chi connectivity index (χ3n) is 4.76. The van der Waals surface area contributed by atoms with E-state index in [0.29, 0.717) is 19.0 Å². The van der Waals surface area contributed by atoms with E-state index in [1.807, 2.05) is 10.7 Å². The molecule has 0 radical (unpaired) electrons. The Labute approximate surface area is 149 Å². The molecule has 0 unspecified atom stereocenters. The van der Waals surface area contributed by atoms with Crippen molar-refractivity contribution in [3.05, 3.63) is 47.3 Å². The van der Waals surface area contributed by atoms with Crippen molar-refractivity contribution < 1.29 is 22.0 Å². The average molecular weight is 381 g/mol. The number of nitrogens with zero attached hydrogens (tertiary/aromatic N) is 3. The van der Waals surface area contributed by atoms with E-state index in [4.69, 9.17) is 0 Å². The third kappa shape index (κ3) is 2.90. The lowest BCUT2D eigenvalue weighted by molar-refractivity contribution is 0.0702. The maximum absolute atomic E-state index is 12.9. The van der Waals surface area contributed by atoms with E-state index < -0.39 is 26.4 Å². The molecule has 4 rings (SSSR count). The number of carbonyl (C=O) groups excluding carboxylic acids is 1. The second kappa shape index (κ2) is 6.15. The molecule has 2 heterocycles. The van der Waals surface area contributed by atoms with Crippen LogP contribution in [0.1, 0.15) is 40.5 Å². The number of hydrogen-bond donors (Lipinski definition) is 0. The van der Waals surface area contributed by atoms with E-state index in [1.165, 1.54) is 23.1 Å². The quantitative estimate of drug-likeness (QED) is 0.815. The van der Waals surface area contributed by atoms with Crippen LogP contribution in [-0.2, 0) is 22.9 Å². The lowest BCUT2D eigenvalue weighted by atomic mass is 10.1. The summed E-state index contributed by atoms with van der Waals surface area (Å²) in [6.45, 7) is 1.12. The highest BCUT2D eigenvalue weighted by Gasteiger charge is 2.34. The molecule has 1 aromatic heterocycles. The smallest absolute Gasteiger partial charge is 0.331 e. The number of amides is 1. The fourth-order valence-electron chi connectivity index (χ4n) is 3.20. The van der Waals surface area contributed by atoms with E-state index in [2.05, 4.69) is 5.10 Å². The van der Waals surface area contributed by atoms with Crippen LogP contribution in [0.4, 0.5) is 8.78 Å². The molecule has 1 aliphatic heterocycles. The van der Waals surface area contributed by atoms with Gasteiger partial charge >= 0.3 is 5.76 Å². The van der Waals surface area contributed by atoms with E-state index >= 15 is 0 Å². The number of halogens is 2. The SMILES string of the molecule is O=C(c1ccccc1S(=O)(=O)C(F)F)N1CCn2nc(C3CC3)cc2C1. The maximum Gasteiger partial charge on any atom is 0.341 e. The molecule has 2 aromatic rings. The molecule has 1 amide bonds. The first-order valence-electron chi connectivity index (χ1n) is 8.35. The van der Waals surface area contributed by atoms with E-state index in [1.54, 1.807) is 0 Å². The van der Waals surface area contributed by atoms with Crippen molar-refractivity contribution >= 4 is 15.7 Å². The third-order valence-corrected chi connectivity index (χ3v) is 6.20. The highest BCUT2D eigenvalue weighted by Crippen LogP contribution is 2.39. The molecule has 9 heteroatoms. The molecule has 0 N–H and O–H groups in total. The average Bonchev–Trinajstić information content (AvgIpc) is 3.39. The van der Waals surface area contributed by atoms with Gasteiger partial charge in [0.2, 0.25) is 9.84 Å². The summed E-state index contributed by atoms with van der Waals surface area (Å²) in [5.74, 6) is -3.64. The van der Waals surface area contributed by atoms with Gasteiger partial charge in [-0.25, -0.2) is 8.42 Å². The van der Waals surface area contributed by atoms with Crippen LogP contribution in [0.5, 0.6) is 0 Å². The van der Waals surface area contributed by atoms with Gasteiger partial charge in [-0.1, -0.05) is 12.1 Å². The molecular weight excluding hydrogens is 364 g/mol. The van der Waals surface area contributed by atoms with Crippen molar-refractivity contribution in [3.8, 4) is 0 Å². The number of aromatic nitrogens is 2. The minimum atomic E-state index is -4.85. The zero-order valence-electron chi connectivity index (χ0n) is 13.8. The summed E-state index contributed by atoms with van der Waals surface area (Å²) in [5, 5.41) is 4.54. The zero-order chi connectivity index (χ0) is 18.5. The molecule has 1 aliphatic carbocycles. The molecule has 0 saturated heterocycles. The van der Waals surface area contributed by atoms with Crippen molar-refractivity contribution in [2.24, 2.45) is 0 Å². The minimum Gasteiger partial charge on any atom is -0.331 e. The van der Waals surface area contributed by atoms with E-state index in [9.17, 15) is 22.0 Å². The number of benzene rings is 1. The largest absolute Gasteiger partial charge is 0.341 e. The summed E-state index contributed by atoms with van der Waals surface area (Å²) < 4.78 is 51.5. The Morgan fingerprint density at radius 2 is 1.92 bits per heavy atom. The van der Waals surface area contributed by atoms with Crippen LogP contribution in [0.3, 0.4) is 0 Å². The Bertz CT molecular complexity index is 967. The van der Waals surface area contributed by atoms with Gasteiger partial charge in [-0.05, 0) is 31.0 Å². The van der Waals surface area contributed by atoms with Crippen LogP contribution >= 0.6 is 0 Å². The van der Waals surface area contributed by atoms with Gasteiger partial charge in [0.25, 0.3) is 5.91 Å². The minimum absolute atomic E-state index is 0.219. The summed E-state index contributed by atoms with van der Waals surface area (Å²) in [5.41, 5.74) is 1.68. The van der Waals surface area contributed by atoms with E-state index in [0.717, 1.165) is 30.3 Å². The number of alkyl halides is 2. The Morgan fingerprint density at radius 3 is 2.62 bits per heavy atom. The van der Waals surface area contributed by atoms with Crippen LogP contribution in [0.15, 0.2) is 35.2 Å². The van der Waals surface area contributed by atoms with Crippen molar-refractivity contribution in [2.75, 3.05) is 6.54 Å². The van der Waals surface area contributed by atoms with Crippen molar-refractivity contribution in [3.63, 3.8) is 0 Å². The predicted octanol–water partition coefficient (Wildman–Crippen LogP) is 2.41. The van der Waals surface area contributed by atoms with Crippen molar-refractivity contribution in [2.45, 2.75) is 42.5 Å².